The predicted octanol–water partition coefficient (Wildman–Crippen LogP) is 3.04. The Morgan fingerprint density at radius 2 is 2.00 bits per heavy atom. The Bertz CT molecular complexity index is 542. The number of aromatic nitrogens is 2. The maximum absolute atomic E-state index is 5.28. The van der Waals surface area contributed by atoms with E-state index in [0.717, 1.165) is 23.7 Å². The summed E-state index contributed by atoms with van der Waals surface area (Å²) in [6, 6.07) is 5.66. The van der Waals surface area contributed by atoms with E-state index < -0.39 is 0 Å². The van der Waals surface area contributed by atoms with Crippen molar-refractivity contribution in [3.8, 4) is 22.9 Å². The number of nitrogens with one attached hydrogen (secondary N) is 1. The Balaban J connectivity index is 2.23. The molecule has 0 radical (unpaired) electrons. The summed E-state index contributed by atoms with van der Waals surface area (Å²) < 4.78 is 14.8. The number of rotatable bonds is 6. The zero-order valence-electron chi connectivity index (χ0n) is 11.3. The van der Waals surface area contributed by atoms with E-state index in [1.54, 1.807) is 14.2 Å². The second-order valence-corrected chi connectivity index (χ2v) is 4.67. The molecule has 1 aromatic heterocycles. The largest absolute Gasteiger partial charge is 0.493 e. The van der Waals surface area contributed by atoms with Gasteiger partial charge in [-0.15, -0.1) is 0 Å². The number of ether oxygens (including phenoxy) is 2. The van der Waals surface area contributed by atoms with Crippen molar-refractivity contribution in [3.63, 3.8) is 0 Å². The Morgan fingerprint density at radius 1 is 1.21 bits per heavy atom. The molecule has 0 aliphatic heterocycles. The number of methoxy groups -OCH3 is 2. The number of benzene rings is 1. The lowest BCUT2D eigenvalue weighted by molar-refractivity contribution is 0.355. The summed E-state index contributed by atoms with van der Waals surface area (Å²) >= 11 is 1.36. The van der Waals surface area contributed by atoms with Crippen LogP contribution < -0.4 is 14.8 Å². The van der Waals surface area contributed by atoms with E-state index in [4.69, 9.17) is 9.47 Å². The maximum Gasteiger partial charge on any atom is 0.202 e. The van der Waals surface area contributed by atoms with Crippen LogP contribution in [0.2, 0.25) is 0 Å². The molecule has 0 saturated carbocycles. The van der Waals surface area contributed by atoms with Gasteiger partial charge < -0.3 is 14.8 Å². The first-order valence-corrected chi connectivity index (χ1v) is 6.85. The monoisotopic (exact) mass is 279 g/mol. The van der Waals surface area contributed by atoms with Gasteiger partial charge in [-0.3, -0.25) is 0 Å². The van der Waals surface area contributed by atoms with Gasteiger partial charge in [0.25, 0.3) is 0 Å². The molecule has 0 atom stereocenters. The van der Waals surface area contributed by atoms with Gasteiger partial charge in [-0.05, 0) is 24.6 Å². The van der Waals surface area contributed by atoms with E-state index in [9.17, 15) is 0 Å². The van der Waals surface area contributed by atoms with Crippen LogP contribution in [-0.2, 0) is 0 Å². The first-order valence-electron chi connectivity index (χ1n) is 6.08. The second kappa shape index (κ2) is 6.38. The predicted molar refractivity (Wildman–Crippen MR) is 77.2 cm³/mol. The molecule has 6 heteroatoms. The molecule has 0 spiro atoms. The minimum Gasteiger partial charge on any atom is -0.493 e. The third kappa shape index (κ3) is 3.14. The van der Waals surface area contributed by atoms with Crippen LogP contribution in [0.5, 0.6) is 11.5 Å². The lowest BCUT2D eigenvalue weighted by atomic mass is 10.2. The first-order chi connectivity index (χ1) is 9.28. The maximum atomic E-state index is 5.28. The molecule has 0 bridgehead atoms. The molecule has 1 aromatic carbocycles. The smallest absolute Gasteiger partial charge is 0.202 e. The Morgan fingerprint density at radius 3 is 2.68 bits per heavy atom. The van der Waals surface area contributed by atoms with E-state index in [1.807, 2.05) is 18.2 Å². The van der Waals surface area contributed by atoms with Crippen molar-refractivity contribution in [1.29, 1.82) is 0 Å². The zero-order valence-corrected chi connectivity index (χ0v) is 12.1. The van der Waals surface area contributed by atoms with Crippen molar-refractivity contribution >= 4 is 16.7 Å². The summed E-state index contributed by atoms with van der Waals surface area (Å²) in [5, 5.41) is 4.06. The third-order valence-electron chi connectivity index (χ3n) is 2.59. The standard InChI is InChI=1S/C13H17N3O2S/c1-4-7-14-13-15-12(16-19-13)9-5-6-10(17-2)11(8-9)18-3/h5-6,8H,4,7H2,1-3H3,(H,14,15,16). The Kier molecular flexibility index (Phi) is 4.57. The van der Waals surface area contributed by atoms with E-state index in [2.05, 4.69) is 21.6 Å². The van der Waals surface area contributed by atoms with Gasteiger partial charge in [0.15, 0.2) is 17.3 Å². The summed E-state index contributed by atoms with van der Waals surface area (Å²) in [5.41, 5.74) is 0.915. The van der Waals surface area contributed by atoms with Crippen LogP contribution in [-0.4, -0.2) is 30.1 Å². The fourth-order valence-electron chi connectivity index (χ4n) is 1.62. The molecule has 19 heavy (non-hydrogen) atoms. The number of anilines is 1. The molecule has 1 N–H and O–H groups in total. The number of hydrogen-bond donors (Lipinski definition) is 1. The minimum atomic E-state index is 0.679. The molecular formula is C13H17N3O2S. The average Bonchev–Trinajstić information content (AvgIpc) is 2.93. The highest BCUT2D eigenvalue weighted by molar-refractivity contribution is 7.09. The van der Waals surface area contributed by atoms with Crippen LogP contribution in [0.3, 0.4) is 0 Å². The van der Waals surface area contributed by atoms with Crippen molar-refractivity contribution < 1.29 is 9.47 Å². The quantitative estimate of drug-likeness (QED) is 0.880. The summed E-state index contributed by atoms with van der Waals surface area (Å²) in [4.78, 5) is 4.45. The molecule has 0 fully saturated rings. The average molecular weight is 279 g/mol. The summed E-state index contributed by atoms with van der Waals surface area (Å²) in [7, 11) is 3.23. The van der Waals surface area contributed by atoms with Gasteiger partial charge in [-0.1, -0.05) is 6.92 Å². The van der Waals surface area contributed by atoms with Crippen LogP contribution in [0.4, 0.5) is 5.13 Å². The topological polar surface area (TPSA) is 56.3 Å². The zero-order chi connectivity index (χ0) is 13.7. The Hall–Kier alpha value is -1.82. The lowest BCUT2D eigenvalue weighted by Gasteiger charge is -2.07. The molecule has 1 heterocycles. The van der Waals surface area contributed by atoms with Gasteiger partial charge in [-0.2, -0.15) is 9.36 Å². The highest BCUT2D eigenvalue weighted by Crippen LogP contribution is 2.32. The van der Waals surface area contributed by atoms with Crippen molar-refractivity contribution in [2.45, 2.75) is 13.3 Å². The minimum absolute atomic E-state index is 0.679. The van der Waals surface area contributed by atoms with Crippen molar-refractivity contribution in [1.82, 2.24) is 9.36 Å². The van der Waals surface area contributed by atoms with Crippen molar-refractivity contribution in [3.05, 3.63) is 18.2 Å². The first kappa shape index (κ1) is 13.6. The molecule has 5 nitrogen and oxygen atoms in total. The van der Waals surface area contributed by atoms with Gasteiger partial charge in [0.1, 0.15) is 0 Å². The molecule has 0 unspecified atom stereocenters. The van der Waals surface area contributed by atoms with Gasteiger partial charge in [0.2, 0.25) is 5.13 Å². The fourth-order valence-corrected chi connectivity index (χ4v) is 2.23. The molecule has 0 saturated heterocycles. The van der Waals surface area contributed by atoms with Crippen LogP contribution in [0, 0.1) is 0 Å². The van der Waals surface area contributed by atoms with Gasteiger partial charge >= 0.3 is 0 Å². The normalized spacial score (nSPS) is 10.3. The number of nitrogens with zero attached hydrogens (tertiary/aromatic N) is 2. The lowest BCUT2D eigenvalue weighted by Crippen LogP contribution is -1.98. The van der Waals surface area contributed by atoms with Gasteiger partial charge in [-0.25, -0.2) is 0 Å². The van der Waals surface area contributed by atoms with E-state index in [-0.39, 0.29) is 0 Å². The summed E-state index contributed by atoms with van der Waals surface area (Å²) in [6.45, 7) is 3.02. The molecular weight excluding hydrogens is 262 g/mol. The van der Waals surface area contributed by atoms with E-state index >= 15 is 0 Å². The van der Waals surface area contributed by atoms with Gasteiger partial charge in [0, 0.05) is 23.6 Å². The van der Waals surface area contributed by atoms with E-state index in [1.165, 1.54) is 11.5 Å². The second-order valence-electron chi connectivity index (χ2n) is 3.92. The molecule has 0 aliphatic rings. The van der Waals surface area contributed by atoms with Crippen LogP contribution >= 0.6 is 11.5 Å². The fraction of sp³-hybridized carbons (Fsp3) is 0.385. The van der Waals surface area contributed by atoms with Crippen LogP contribution in [0.1, 0.15) is 13.3 Å². The van der Waals surface area contributed by atoms with E-state index in [0.29, 0.717) is 17.3 Å². The van der Waals surface area contributed by atoms with Crippen molar-refractivity contribution in [2.75, 3.05) is 26.1 Å². The highest BCUT2D eigenvalue weighted by Gasteiger charge is 2.10. The van der Waals surface area contributed by atoms with Gasteiger partial charge in [0.05, 0.1) is 14.2 Å². The summed E-state index contributed by atoms with van der Waals surface area (Å²) in [6.07, 6.45) is 1.06. The number of hydrogen-bond acceptors (Lipinski definition) is 6. The third-order valence-corrected chi connectivity index (χ3v) is 3.27. The SMILES string of the molecule is CCCNc1nc(-c2ccc(OC)c(OC)c2)ns1. The molecule has 102 valence electrons. The van der Waals surface area contributed by atoms with Crippen LogP contribution in [0.25, 0.3) is 11.4 Å². The van der Waals surface area contributed by atoms with Crippen LogP contribution in [0.15, 0.2) is 18.2 Å². The molecule has 0 aliphatic carbocycles. The molecule has 0 amide bonds. The van der Waals surface area contributed by atoms with Crippen molar-refractivity contribution in [2.24, 2.45) is 0 Å². The molecule has 2 rings (SSSR count). The Labute approximate surface area is 116 Å². The summed E-state index contributed by atoms with van der Waals surface area (Å²) in [5.74, 6) is 2.08. The molecule has 2 aromatic rings. The highest BCUT2D eigenvalue weighted by atomic mass is 32.1.